The number of carboxylic acids is 1. The zero-order valence-electron chi connectivity index (χ0n) is 47.3. The van der Waals surface area contributed by atoms with E-state index < -0.39 is 59.8 Å². The Labute approximate surface area is 462 Å². The lowest BCUT2D eigenvalue weighted by molar-refractivity contribution is 0.0522. The fourth-order valence-electron chi connectivity index (χ4n) is 8.68. The van der Waals surface area contributed by atoms with Gasteiger partial charge in [0, 0.05) is 48.1 Å². The van der Waals surface area contributed by atoms with E-state index >= 15 is 0 Å². The summed E-state index contributed by atoms with van der Waals surface area (Å²) in [5, 5.41) is 20.3. The van der Waals surface area contributed by atoms with Crippen molar-refractivity contribution in [2.45, 2.75) is 152 Å². The van der Waals surface area contributed by atoms with Crippen LogP contribution in [-0.2, 0) is 22.0 Å². The lowest BCUT2D eigenvalue weighted by Gasteiger charge is -2.40. The maximum atomic E-state index is 15.0. The number of carbonyl (C=O) groups excluding carboxylic acids is 1. The van der Waals surface area contributed by atoms with Crippen LogP contribution in [0.1, 0.15) is 152 Å². The molecule has 2 atom stereocenters. The van der Waals surface area contributed by atoms with Crippen LogP contribution in [0.4, 0.5) is 8.78 Å². The molecule has 6 rings (SSSR count). The van der Waals surface area contributed by atoms with E-state index in [9.17, 15) is 38.2 Å². The second kappa shape index (κ2) is 24.6. The number of aromatic carboxylic acids is 1. The molecule has 2 unspecified atom stereocenters. The van der Waals surface area contributed by atoms with Gasteiger partial charge in [-0.15, -0.1) is 0 Å². The Kier molecular flexibility index (Phi) is 19.9. The zero-order valence-corrected chi connectivity index (χ0v) is 49.9. The molecule has 12 nitrogen and oxygen atoms in total. The number of aromatic nitrogens is 2. The molecular formula is C60H76Cl2F2N2O10Si. The minimum Gasteiger partial charge on any atom is -0.491 e. The summed E-state index contributed by atoms with van der Waals surface area (Å²) in [4.78, 5) is 52.0. The number of aliphatic hydroxyl groups excluding tert-OH is 1. The van der Waals surface area contributed by atoms with E-state index in [4.69, 9.17) is 41.8 Å². The molecule has 0 aliphatic heterocycles. The summed E-state index contributed by atoms with van der Waals surface area (Å²) in [5.41, 5.74) is 0.488. The molecular weight excluding hydrogens is 1050 g/mol. The Morgan fingerprint density at radius 3 is 1.45 bits per heavy atom. The Morgan fingerprint density at radius 1 is 0.662 bits per heavy atom. The summed E-state index contributed by atoms with van der Waals surface area (Å²) in [7, 11) is -2.14. The number of ether oxygens (including phenoxy) is 3. The molecule has 0 aliphatic rings. The van der Waals surface area contributed by atoms with Crippen LogP contribution in [0.2, 0.25) is 28.2 Å². The normalized spacial score (nSPS) is 13.2. The second-order valence-corrected chi connectivity index (χ2v) is 29.3. The van der Waals surface area contributed by atoms with Crippen molar-refractivity contribution in [3.8, 4) is 11.5 Å². The monoisotopic (exact) mass is 1120 g/mol. The first-order chi connectivity index (χ1) is 35.6. The number of rotatable bonds is 17. The molecule has 0 radical (unpaired) electrons. The van der Waals surface area contributed by atoms with Gasteiger partial charge < -0.3 is 38.0 Å². The molecule has 4 aromatic carbocycles. The SMILES string of the molecule is CC(C)Oc1cc2c(cc1Cc1cccc(Cl)c1F)c(=O)c(C(=O)O)cn2C(CO)C(C)(C)C.CCOC(=O)c1cn(C(CO[Si](C)(C)C(C)(C)C)C(C)(C)C)c2cc(OC(C)C)c(Cc3cccc(Cl)c3F)cc2c1=O. The Morgan fingerprint density at radius 2 is 1.08 bits per heavy atom. The number of nitrogens with zero attached hydrogens (tertiary/aromatic N) is 2. The fraction of sp³-hybridized carbons (Fsp3) is 0.467. The summed E-state index contributed by atoms with van der Waals surface area (Å²) < 4.78 is 57.5. The highest BCUT2D eigenvalue weighted by Crippen LogP contribution is 2.41. The molecule has 0 saturated heterocycles. The third-order valence-corrected chi connectivity index (χ3v) is 19.0. The summed E-state index contributed by atoms with van der Waals surface area (Å²) >= 11 is 12.0. The average molecular weight is 1120 g/mol. The van der Waals surface area contributed by atoms with Crippen LogP contribution < -0.4 is 20.3 Å². The lowest BCUT2D eigenvalue weighted by atomic mass is 9.86. The standard InChI is InChI=1S/C34H47ClFNO5Si.C26H29ClFNO5/c1-12-40-32(39)25-19-37(29(33(4,5)6)20-41-43(10,11)34(7,8)9)27-18-28(42-21(2)3)23(17-24(27)31(25)38)16-22-14-13-15-26(35)30(22)36;1-14(2)34-21-11-20-17(10-16(21)9-15-7-6-8-19(27)23(15)28)24(31)18(25(32)33)12-29(20)22(13-30)26(3,4)5/h13-15,17-19,21,29H,12,16,20H2,1-11H3;6-8,10-12,14,22,30H,9,13H2,1-5H3,(H,32,33). The van der Waals surface area contributed by atoms with E-state index in [0.29, 0.717) is 56.8 Å². The van der Waals surface area contributed by atoms with Crippen molar-refractivity contribution in [3.63, 3.8) is 0 Å². The zero-order chi connectivity index (χ0) is 57.9. The number of pyridine rings is 2. The van der Waals surface area contributed by atoms with Crippen LogP contribution in [0.15, 0.2) is 82.6 Å². The van der Waals surface area contributed by atoms with Gasteiger partial charge in [-0.25, -0.2) is 18.4 Å². The third kappa shape index (κ3) is 14.6. The Balaban J connectivity index is 0.000000292. The Hall–Kier alpha value is -5.58. The molecule has 6 aromatic rings. The molecule has 0 aliphatic carbocycles. The van der Waals surface area contributed by atoms with Crippen LogP contribution in [0.5, 0.6) is 11.5 Å². The van der Waals surface area contributed by atoms with Gasteiger partial charge in [0.2, 0.25) is 10.9 Å². The van der Waals surface area contributed by atoms with Gasteiger partial charge in [-0.05, 0) is 110 Å². The average Bonchev–Trinajstić information content (AvgIpc) is 3.30. The quantitative estimate of drug-likeness (QED) is 0.0666. The van der Waals surface area contributed by atoms with E-state index in [0.717, 1.165) is 0 Å². The molecule has 77 heavy (non-hydrogen) atoms. The smallest absolute Gasteiger partial charge is 0.343 e. The first-order valence-electron chi connectivity index (χ1n) is 25.9. The number of aliphatic hydroxyl groups is 1. The van der Waals surface area contributed by atoms with E-state index in [1.54, 1.807) is 60.2 Å². The number of carbonyl (C=O) groups is 2. The van der Waals surface area contributed by atoms with Crippen molar-refractivity contribution < 1.29 is 47.2 Å². The van der Waals surface area contributed by atoms with E-state index in [1.807, 2.05) is 59.1 Å². The summed E-state index contributed by atoms with van der Waals surface area (Å²) in [6, 6.07) is 15.5. The number of hydrogen-bond donors (Lipinski definition) is 2. The highest BCUT2D eigenvalue weighted by Gasteiger charge is 2.40. The number of benzene rings is 4. The van der Waals surface area contributed by atoms with Gasteiger partial charge >= 0.3 is 11.9 Å². The van der Waals surface area contributed by atoms with Gasteiger partial charge in [0.05, 0.1) is 65.2 Å². The van der Waals surface area contributed by atoms with Crippen molar-refractivity contribution in [3.05, 3.63) is 149 Å². The van der Waals surface area contributed by atoms with Gasteiger partial charge in [0.15, 0.2) is 8.32 Å². The molecule has 17 heteroatoms. The molecule has 0 fully saturated rings. The first kappa shape index (κ1) is 62.3. The fourth-order valence-corrected chi connectivity index (χ4v) is 10.1. The van der Waals surface area contributed by atoms with Crippen LogP contribution in [0.3, 0.4) is 0 Å². The van der Waals surface area contributed by atoms with E-state index in [1.165, 1.54) is 18.3 Å². The highest BCUT2D eigenvalue weighted by atomic mass is 35.5. The number of hydrogen-bond acceptors (Lipinski definition) is 9. The summed E-state index contributed by atoms with van der Waals surface area (Å²) in [6.07, 6.45) is 2.71. The minimum absolute atomic E-state index is 0.0000783. The highest BCUT2D eigenvalue weighted by molar-refractivity contribution is 6.74. The van der Waals surface area contributed by atoms with E-state index in [-0.39, 0.29) is 75.8 Å². The minimum atomic E-state index is -2.14. The molecule has 0 saturated carbocycles. The molecule has 2 heterocycles. The number of esters is 1. The molecule has 2 aromatic heterocycles. The Bertz CT molecular complexity index is 3260. The van der Waals surface area contributed by atoms with Gasteiger partial charge in [-0.3, -0.25) is 9.59 Å². The maximum absolute atomic E-state index is 15.0. The van der Waals surface area contributed by atoms with Crippen LogP contribution in [0.25, 0.3) is 21.8 Å². The van der Waals surface area contributed by atoms with Crippen molar-refractivity contribution in [1.29, 1.82) is 0 Å². The van der Waals surface area contributed by atoms with Gasteiger partial charge in [0.1, 0.15) is 34.3 Å². The predicted octanol–water partition coefficient (Wildman–Crippen LogP) is 14.4. The maximum Gasteiger partial charge on any atom is 0.343 e. The van der Waals surface area contributed by atoms with E-state index in [2.05, 4.69) is 54.6 Å². The van der Waals surface area contributed by atoms with Crippen molar-refractivity contribution in [2.75, 3.05) is 19.8 Å². The number of carboxylic acid groups (broad SMARTS) is 1. The largest absolute Gasteiger partial charge is 0.491 e. The van der Waals surface area contributed by atoms with Crippen molar-refractivity contribution in [1.82, 2.24) is 9.13 Å². The van der Waals surface area contributed by atoms with Crippen LogP contribution in [-0.4, -0.2) is 71.6 Å². The van der Waals surface area contributed by atoms with Crippen LogP contribution >= 0.6 is 23.2 Å². The number of halogens is 4. The molecule has 0 spiro atoms. The second-order valence-electron chi connectivity index (χ2n) is 23.7. The summed E-state index contributed by atoms with van der Waals surface area (Å²) in [6.45, 7) is 32.6. The third-order valence-electron chi connectivity index (χ3n) is 14.0. The van der Waals surface area contributed by atoms with Crippen LogP contribution in [0, 0.1) is 22.5 Å². The summed E-state index contributed by atoms with van der Waals surface area (Å²) in [5.74, 6) is -2.18. The number of fused-ring (bicyclic) bond motifs is 2. The molecule has 418 valence electrons. The predicted molar refractivity (Wildman–Crippen MR) is 307 cm³/mol. The lowest BCUT2D eigenvalue weighted by Crippen LogP contribution is -2.43. The van der Waals surface area contributed by atoms with Gasteiger partial charge in [-0.2, -0.15) is 0 Å². The van der Waals surface area contributed by atoms with Gasteiger partial charge in [-0.1, -0.05) is 110 Å². The van der Waals surface area contributed by atoms with Crippen molar-refractivity contribution in [2.24, 2.45) is 10.8 Å². The topological polar surface area (TPSA) is 156 Å². The molecule has 0 bridgehead atoms. The molecule has 0 amide bonds. The molecule has 2 N–H and O–H groups in total. The first-order valence-corrected chi connectivity index (χ1v) is 29.6. The van der Waals surface area contributed by atoms with Crippen molar-refractivity contribution >= 4 is 65.3 Å². The van der Waals surface area contributed by atoms with Gasteiger partial charge in [0.25, 0.3) is 0 Å².